The summed E-state index contributed by atoms with van der Waals surface area (Å²) in [6.07, 6.45) is 0. The van der Waals surface area contributed by atoms with Gasteiger partial charge in [0, 0.05) is 6.54 Å². The average Bonchev–Trinajstić information content (AvgIpc) is 1.64. The van der Waals surface area contributed by atoms with Crippen molar-refractivity contribution in [3.8, 4) is 0 Å². The lowest BCUT2D eigenvalue weighted by Crippen LogP contribution is -2.10. The van der Waals surface area contributed by atoms with Crippen LogP contribution < -0.4 is 5.09 Å². The summed E-state index contributed by atoms with van der Waals surface area (Å²) in [4.78, 5) is 8.96. The van der Waals surface area contributed by atoms with E-state index in [0.717, 1.165) is 0 Å². The second kappa shape index (κ2) is 4.01. The van der Waals surface area contributed by atoms with Gasteiger partial charge in [0.05, 0.1) is 6.61 Å². The molecule has 0 spiro atoms. The Balaban J connectivity index is 3.58. The largest absolute Gasteiger partial charge is 0.328 e. The third kappa shape index (κ3) is 4.60. The molecule has 0 saturated heterocycles. The molecule has 1 unspecified atom stereocenters. The van der Waals surface area contributed by atoms with Crippen molar-refractivity contribution < 1.29 is 9.42 Å². The molecule has 0 heterocycles. The van der Waals surface area contributed by atoms with Crippen molar-refractivity contribution >= 4 is 7.66 Å². The molecule has 0 amide bonds. The Morgan fingerprint density at radius 1 is 1.67 bits per heavy atom. The first-order valence-electron chi connectivity index (χ1n) is 2.89. The van der Waals surface area contributed by atoms with Crippen LogP contribution in [-0.4, -0.2) is 18.0 Å². The highest BCUT2D eigenvalue weighted by molar-refractivity contribution is 7.51. The molecule has 0 radical (unpaired) electrons. The summed E-state index contributed by atoms with van der Waals surface area (Å²) in [6.45, 7) is 4.50. The van der Waals surface area contributed by atoms with Gasteiger partial charge in [0.2, 0.25) is 0 Å². The van der Waals surface area contributed by atoms with E-state index in [-0.39, 0.29) is 0 Å². The molecule has 0 aromatic carbocycles. The van der Waals surface area contributed by atoms with Gasteiger partial charge in [-0.25, -0.2) is 5.09 Å². The van der Waals surface area contributed by atoms with E-state index in [1.807, 2.05) is 6.92 Å². The smallest absolute Gasteiger partial charge is 0.282 e. The van der Waals surface area contributed by atoms with Crippen molar-refractivity contribution in [1.82, 2.24) is 5.09 Å². The molecule has 0 aliphatic rings. The van der Waals surface area contributed by atoms with Crippen LogP contribution in [0.2, 0.25) is 0 Å². The predicted octanol–water partition coefficient (Wildman–Crippen LogP) is 1.15. The zero-order valence-electron chi connectivity index (χ0n) is 5.72. The summed E-state index contributed by atoms with van der Waals surface area (Å²) in [6, 6.07) is 0. The second-order valence-electron chi connectivity index (χ2n) is 1.51. The van der Waals surface area contributed by atoms with Crippen molar-refractivity contribution in [1.29, 1.82) is 5.16 Å². The maximum atomic E-state index is 8.96. The van der Waals surface area contributed by atoms with Crippen LogP contribution in [-0.2, 0) is 4.52 Å². The van der Waals surface area contributed by atoms with Gasteiger partial charge >= 0.3 is 0 Å². The molecule has 0 aromatic heterocycles. The summed E-state index contributed by atoms with van der Waals surface area (Å²) in [5, 5.41) is 9.59. The fourth-order valence-corrected chi connectivity index (χ4v) is 1.34. The van der Waals surface area contributed by atoms with E-state index in [0.29, 0.717) is 13.2 Å². The summed E-state index contributed by atoms with van der Waals surface area (Å²) >= 11 is 0. The molecule has 0 saturated carbocycles. The second-order valence-corrected chi connectivity index (χ2v) is 3.23. The van der Waals surface area contributed by atoms with E-state index in [4.69, 9.17) is 14.6 Å². The predicted molar refractivity (Wildman–Crippen MR) is 37.2 cm³/mol. The van der Waals surface area contributed by atoms with E-state index >= 15 is 0 Å². The van der Waals surface area contributed by atoms with Crippen molar-refractivity contribution in [3.05, 3.63) is 0 Å². The zero-order valence-corrected chi connectivity index (χ0v) is 6.61. The van der Waals surface area contributed by atoms with E-state index in [1.54, 1.807) is 6.92 Å². The van der Waals surface area contributed by atoms with Gasteiger partial charge < -0.3 is 9.42 Å². The minimum absolute atomic E-state index is 0.376. The Labute approximate surface area is 55.3 Å². The van der Waals surface area contributed by atoms with Crippen LogP contribution in [0.1, 0.15) is 13.8 Å². The quantitative estimate of drug-likeness (QED) is 0.529. The molecule has 0 aliphatic carbocycles. The molecule has 5 heteroatoms. The number of hydrogen-bond donors (Lipinski definition) is 3. The van der Waals surface area contributed by atoms with Gasteiger partial charge in [-0.3, -0.25) is 5.16 Å². The van der Waals surface area contributed by atoms with E-state index < -0.39 is 7.66 Å². The first kappa shape index (κ1) is 9.11. The molecule has 0 fully saturated rings. The first-order chi connectivity index (χ1) is 4.12. The lowest BCUT2D eigenvalue weighted by Gasteiger charge is -2.13. The monoisotopic (exact) mass is 152 g/mol. The van der Waals surface area contributed by atoms with Gasteiger partial charge in [-0.15, -0.1) is 0 Å². The van der Waals surface area contributed by atoms with Crippen LogP contribution in [0.4, 0.5) is 0 Å². The van der Waals surface area contributed by atoms with Gasteiger partial charge in [-0.05, 0) is 6.92 Å². The van der Waals surface area contributed by atoms with Crippen LogP contribution in [0.15, 0.2) is 0 Å². The highest BCUT2D eigenvalue weighted by Crippen LogP contribution is 2.36. The van der Waals surface area contributed by atoms with Crippen molar-refractivity contribution in [2.24, 2.45) is 0 Å². The standard InChI is InChI=1S/C4H13N2O2P/c1-3-6-9(5,7)8-4-2/h3-4H2,1-2H3,(H3,5,6,7). The average molecular weight is 152 g/mol. The topological polar surface area (TPSA) is 65.3 Å². The lowest BCUT2D eigenvalue weighted by atomic mass is 10.8. The van der Waals surface area contributed by atoms with Crippen LogP contribution >= 0.6 is 7.66 Å². The molecule has 3 N–H and O–H groups in total. The Bertz CT molecular complexity index is 107. The minimum Gasteiger partial charge on any atom is -0.328 e. The molecule has 0 bridgehead atoms. The molecular weight excluding hydrogens is 139 g/mol. The Morgan fingerprint density at radius 2 is 2.22 bits per heavy atom. The summed E-state index contributed by atoms with van der Waals surface area (Å²) in [5.74, 6) is 0. The minimum atomic E-state index is -2.94. The fraction of sp³-hybridized carbons (Fsp3) is 1.00. The Kier molecular flexibility index (Phi) is 4.06. The zero-order chi connectivity index (χ0) is 7.33. The van der Waals surface area contributed by atoms with Crippen LogP contribution in [0.25, 0.3) is 0 Å². The highest BCUT2D eigenvalue weighted by Gasteiger charge is 2.08. The van der Waals surface area contributed by atoms with E-state index in [9.17, 15) is 0 Å². The van der Waals surface area contributed by atoms with Gasteiger partial charge in [0.1, 0.15) is 0 Å². The SMILES string of the molecule is CCNP(=N)(O)OCC. The fourth-order valence-electron chi connectivity index (χ4n) is 0.447. The van der Waals surface area contributed by atoms with Crippen molar-refractivity contribution in [3.63, 3.8) is 0 Å². The molecule has 9 heavy (non-hydrogen) atoms. The summed E-state index contributed by atoms with van der Waals surface area (Å²) in [5.41, 5.74) is 0. The van der Waals surface area contributed by atoms with Crippen molar-refractivity contribution in [2.75, 3.05) is 13.2 Å². The van der Waals surface area contributed by atoms with Crippen LogP contribution in [0.3, 0.4) is 0 Å². The first-order valence-corrected chi connectivity index (χ1v) is 4.55. The molecule has 0 aromatic rings. The molecule has 56 valence electrons. The molecule has 4 nitrogen and oxygen atoms in total. The maximum Gasteiger partial charge on any atom is 0.282 e. The van der Waals surface area contributed by atoms with Gasteiger partial charge in [-0.2, -0.15) is 0 Å². The lowest BCUT2D eigenvalue weighted by molar-refractivity contribution is 0.307. The highest BCUT2D eigenvalue weighted by atomic mass is 31.2. The van der Waals surface area contributed by atoms with Gasteiger partial charge in [0.25, 0.3) is 7.66 Å². The van der Waals surface area contributed by atoms with Crippen LogP contribution in [0, 0.1) is 5.16 Å². The molecule has 1 atom stereocenters. The van der Waals surface area contributed by atoms with Gasteiger partial charge in [0.15, 0.2) is 0 Å². The summed E-state index contributed by atoms with van der Waals surface area (Å²) < 4.78 is 4.69. The van der Waals surface area contributed by atoms with E-state index in [1.165, 1.54) is 0 Å². The third-order valence-corrected chi connectivity index (χ3v) is 2.07. The summed E-state index contributed by atoms with van der Waals surface area (Å²) in [7, 11) is -2.94. The maximum absolute atomic E-state index is 8.96. The van der Waals surface area contributed by atoms with Gasteiger partial charge in [-0.1, -0.05) is 6.92 Å². The molecular formula is C4H13N2O2P. The number of hydrogen-bond acceptors (Lipinski definition) is 2. The van der Waals surface area contributed by atoms with Crippen molar-refractivity contribution in [2.45, 2.75) is 13.8 Å². The third-order valence-electron chi connectivity index (χ3n) is 0.688. The number of rotatable bonds is 4. The molecule has 0 rings (SSSR count). The molecule has 0 aliphatic heterocycles. The Hall–Kier alpha value is 0.110. The Morgan fingerprint density at radius 3 is 2.56 bits per heavy atom. The number of nitrogens with one attached hydrogen (secondary N) is 2. The van der Waals surface area contributed by atoms with Crippen LogP contribution in [0.5, 0.6) is 0 Å². The van der Waals surface area contributed by atoms with E-state index in [2.05, 4.69) is 5.09 Å². The normalized spacial score (nSPS) is 17.2.